The second-order valence-corrected chi connectivity index (χ2v) is 8.31. The van der Waals surface area contributed by atoms with E-state index in [9.17, 15) is 4.79 Å². The number of ether oxygens (including phenoxy) is 1. The molecule has 1 aliphatic rings. The minimum atomic E-state index is -0.00582. The first-order valence-corrected chi connectivity index (χ1v) is 9.56. The molecule has 1 saturated heterocycles. The molecule has 1 aliphatic heterocycles. The van der Waals surface area contributed by atoms with E-state index in [-0.39, 0.29) is 10.7 Å². The molecule has 0 radical (unpaired) electrons. The summed E-state index contributed by atoms with van der Waals surface area (Å²) in [7, 11) is 0. The van der Waals surface area contributed by atoms with Crippen molar-refractivity contribution < 1.29 is 9.53 Å². The van der Waals surface area contributed by atoms with Gasteiger partial charge >= 0.3 is 0 Å². The summed E-state index contributed by atoms with van der Waals surface area (Å²) in [4.78, 5) is 13.9. The van der Waals surface area contributed by atoms with Gasteiger partial charge in [0, 0.05) is 35.0 Å². The Hall–Kier alpha value is -1.78. The van der Waals surface area contributed by atoms with Gasteiger partial charge in [-0.3, -0.25) is 4.79 Å². The lowest BCUT2D eigenvalue weighted by Crippen LogP contribution is -2.44. The zero-order valence-corrected chi connectivity index (χ0v) is 15.7. The molecular weight excluding hydrogens is 330 g/mol. The van der Waals surface area contributed by atoms with Crippen molar-refractivity contribution in [2.24, 2.45) is 0 Å². The summed E-state index contributed by atoms with van der Waals surface area (Å²) < 4.78 is 5.55. The highest BCUT2D eigenvalue weighted by Crippen LogP contribution is 2.40. The van der Waals surface area contributed by atoms with E-state index in [2.05, 4.69) is 35.6 Å². The van der Waals surface area contributed by atoms with Gasteiger partial charge in [0.05, 0.1) is 0 Å². The number of carbonyl (C=O) groups excluding carboxylic acids is 1. The van der Waals surface area contributed by atoms with E-state index in [1.54, 1.807) is 0 Å². The van der Waals surface area contributed by atoms with Crippen LogP contribution in [0.15, 0.2) is 53.4 Å². The van der Waals surface area contributed by atoms with Crippen molar-refractivity contribution in [2.45, 2.75) is 36.3 Å². The predicted octanol–water partition coefficient (Wildman–Crippen LogP) is 4.37. The fourth-order valence-corrected chi connectivity index (χ4v) is 4.55. The Morgan fingerprint density at radius 1 is 1.08 bits per heavy atom. The lowest BCUT2D eigenvalue weighted by Gasteiger charge is -2.36. The van der Waals surface area contributed by atoms with Crippen LogP contribution >= 0.6 is 11.8 Å². The molecule has 0 aromatic heterocycles. The summed E-state index contributed by atoms with van der Waals surface area (Å²) in [5, 5.41) is 3.17. The fraction of sp³-hybridized carbons (Fsp3) is 0.381. The molecule has 1 N–H and O–H groups in total. The molecule has 0 spiro atoms. The predicted molar refractivity (Wildman–Crippen MR) is 103 cm³/mol. The van der Waals surface area contributed by atoms with Crippen molar-refractivity contribution in [3.8, 4) is 0 Å². The van der Waals surface area contributed by atoms with Gasteiger partial charge in [-0.2, -0.15) is 0 Å². The van der Waals surface area contributed by atoms with Crippen LogP contribution in [-0.4, -0.2) is 30.4 Å². The average Bonchev–Trinajstić information content (AvgIpc) is 2.60. The SMILES string of the molecule is Cc1cc(C)cc(C(=O)NCC2(Sc3ccccc3)CCOCC2)c1. The fourth-order valence-electron chi connectivity index (χ4n) is 3.25. The molecule has 0 bridgehead atoms. The van der Waals surface area contributed by atoms with E-state index >= 15 is 0 Å². The first-order chi connectivity index (χ1) is 12.1. The molecule has 3 nitrogen and oxygen atoms in total. The van der Waals surface area contributed by atoms with Crippen molar-refractivity contribution in [1.29, 1.82) is 0 Å². The summed E-state index contributed by atoms with van der Waals surface area (Å²) in [5.74, 6) is 0.00586. The van der Waals surface area contributed by atoms with Crippen molar-refractivity contribution in [3.05, 3.63) is 65.2 Å². The van der Waals surface area contributed by atoms with Crippen molar-refractivity contribution in [1.82, 2.24) is 5.32 Å². The minimum Gasteiger partial charge on any atom is -0.381 e. The third-order valence-electron chi connectivity index (χ3n) is 4.54. The van der Waals surface area contributed by atoms with Gasteiger partial charge in [-0.1, -0.05) is 35.4 Å². The lowest BCUT2D eigenvalue weighted by molar-refractivity contribution is 0.0741. The largest absolute Gasteiger partial charge is 0.381 e. The molecule has 25 heavy (non-hydrogen) atoms. The Balaban J connectivity index is 1.71. The number of hydrogen-bond donors (Lipinski definition) is 1. The number of nitrogens with one attached hydrogen (secondary N) is 1. The Morgan fingerprint density at radius 3 is 2.36 bits per heavy atom. The zero-order chi connectivity index (χ0) is 17.7. The molecule has 0 unspecified atom stereocenters. The van der Waals surface area contributed by atoms with Crippen LogP contribution in [0.3, 0.4) is 0 Å². The first kappa shape index (κ1) is 18.0. The normalized spacial score (nSPS) is 16.4. The molecule has 1 amide bonds. The Labute approximate surface area is 154 Å². The van der Waals surface area contributed by atoms with Crippen LogP contribution in [0.5, 0.6) is 0 Å². The summed E-state index contributed by atoms with van der Waals surface area (Å²) in [6.07, 6.45) is 1.89. The summed E-state index contributed by atoms with van der Waals surface area (Å²) in [6.45, 7) is 6.20. The standard InChI is InChI=1S/C21H25NO2S/c1-16-12-17(2)14-18(13-16)20(23)22-15-21(8-10-24-11-9-21)25-19-6-4-3-5-7-19/h3-7,12-14H,8-11,15H2,1-2H3,(H,22,23). The van der Waals surface area contributed by atoms with Gasteiger partial charge in [0.15, 0.2) is 0 Å². The van der Waals surface area contributed by atoms with Crippen LogP contribution in [-0.2, 0) is 4.74 Å². The lowest BCUT2D eigenvalue weighted by atomic mass is 9.98. The monoisotopic (exact) mass is 355 g/mol. The number of thioether (sulfide) groups is 1. The highest BCUT2D eigenvalue weighted by Gasteiger charge is 2.34. The highest BCUT2D eigenvalue weighted by molar-refractivity contribution is 8.00. The van der Waals surface area contributed by atoms with Gasteiger partial charge in [0.2, 0.25) is 0 Å². The van der Waals surface area contributed by atoms with Gasteiger partial charge in [0.1, 0.15) is 0 Å². The van der Waals surface area contributed by atoms with Crippen molar-refractivity contribution in [3.63, 3.8) is 0 Å². The second-order valence-electron chi connectivity index (χ2n) is 6.77. The number of hydrogen-bond acceptors (Lipinski definition) is 3. The first-order valence-electron chi connectivity index (χ1n) is 8.75. The second kappa shape index (κ2) is 8.07. The van der Waals surface area contributed by atoms with E-state index in [1.165, 1.54) is 4.90 Å². The molecule has 0 saturated carbocycles. The number of benzene rings is 2. The molecule has 4 heteroatoms. The smallest absolute Gasteiger partial charge is 0.251 e. The Bertz CT molecular complexity index is 704. The molecule has 132 valence electrons. The summed E-state index contributed by atoms with van der Waals surface area (Å²) in [6, 6.07) is 16.4. The van der Waals surface area contributed by atoms with Gasteiger partial charge in [-0.05, 0) is 51.0 Å². The Morgan fingerprint density at radius 2 is 1.72 bits per heavy atom. The molecular formula is C21H25NO2S. The van der Waals surface area contributed by atoms with Crippen molar-refractivity contribution >= 4 is 17.7 Å². The van der Waals surface area contributed by atoms with Gasteiger partial charge in [-0.25, -0.2) is 0 Å². The maximum atomic E-state index is 12.6. The van der Waals surface area contributed by atoms with Gasteiger partial charge in [-0.15, -0.1) is 11.8 Å². The topological polar surface area (TPSA) is 38.3 Å². The summed E-state index contributed by atoms with van der Waals surface area (Å²) in [5.41, 5.74) is 2.97. The van der Waals surface area contributed by atoms with Crippen LogP contribution in [0, 0.1) is 13.8 Å². The summed E-state index contributed by atoms with van der Waals surface area (Å²) >= 11 is 1.86. The van der Waals surface area contributed by atoms with E-state index < -0.39 is 0 Å². The molecule has 0 atom stereocenters. The van der Waals surface area contributed by atoms with E-state index in [4.69, 9.17) is 4.74 Å². The van der Waals surface area contributed by atoms with Crippen LogP contribution < -0.4 is 5.32 Å². The van der Waals surface area contributed by atoms with Crippen LogP contribution in [0.2, 0.25) is 0 Å². The van der Waals surface area contributed by atoms with Crippen LogP contribution in [0.25, 0.3) is 0 Å². The Kier molecular flexibility index (Phi) is 5.82. The molecule has 1 heterocycles. The van der Waals surface area contributed by atoms with E-state index in [1.807, 2.05) is 43.8 Å². The minimum absolute atomic E-state index is 0.00582. The number of carbonyl (C=O) groups is 1. The average molecular weight is 356 g/mol. The third kappa shape index (κ3) is 4.86. The number of aryl methyl sites for hydroxylation is 2. The molecule has 3 rings (SSSR count). The number of rotatable bonds is 5. The number of amides is 1. The molecule has 2 aromatic rings. The third-order valence-corrected chi connectivity index (χ3v) is 6.03. The quantitative estimate of drug-likeness (QED) is 0.865. The molecule has 0 aliphatic carbocycles. The van der Waals surface area contributed by atoms with E-state index in [0.717, 1.165) is 42.7 Å². The highest BCUT2D eigenvalue weighted by atomic mass is 32.2. The zero-order valence-electron chi connectivity index (χ0n) is 14.9. The van der Waals surface area contributed by atoms with Crippen LogP contribution in [0.4, 0.5) is 0 Å². The van der Waals surface area contributed by atoms with Gasteiger partial charge in [0.25, 0.3) is 5.91 Å². The van der Waals surface area contributed by atoms with Crippen LogP contribution in [0.1, 0.15) is 34.3 Å². The maximum Gasteiger partial charge on any atom is 0.251 e. The molecule has 1 fully saturated rings. The molecule has 2 aromatic carbocycles. The van der Waals surface area contributed by atoms with Gasteiger partial charge < -0.3 is 10.1 Å². The van der Waals surface area contributed by atoms with E-state index in [0.29, 0.717) is 6.54 Å². The van der Waals surface area contributed by atoms with Crippen molar-refractivity contribution in [2.75, 3.05) is 19.8 Å². The maximum absolute atomic E-state index is 12.6.